The number of carbonyl (C=O) groups is 2. The number of esters is 2. The number of hydrogen-bond donors (Lipinski definition) is 1. The van der Waals surface area contributed by atoms with E-state index in [1.165, 1.54) is 0 Å². The van der Waals surface area contributed by atoms with Gasteiger partial charge in [-0.05, 0) is 0 Å². The van der Waals surface area contributed by atoms with E-state index in [1.54, 1.807) is 0 Å². The molecular formula is C20H12F26O7S. The van der Waals surface area contributed by atoms with Crippen LogP contribution in [0.15, 0.2) is 0 Å². The number of carbonyl (C=O) groups excluding carboxylic acids is 2. The second kappa shape index (κ2) is 14.5. The van der Waals surface area contributed by atoms with E-state index in [2.05, 4.69) is 9.47 Å². The van der Waals surface area contributed by atoms with Gasteiger partial charge in [0, 0.05) is 0 Å². The van der Waals surface area contributed by atoms with Gasteiger partial charge < -0.3 is 9.47 Å². The van der Waals surface area contributed by atoms with E-state index in [4.69, 9.17) is 4.55 Å². The Morgan fingerprint density at radius 1 is 0.444 bits per heavy atom. The Balaban J connectivity index is 5.92. The zero-order valence-corrected chi connectivity index (χ0v) is 25.1. The van der Waals surface area contributed by atoms with Crippen molar-refractivity contribution in [1.82, 2.24) is 0 Å². The van der Waals surface area contributed by atoms with Crippen LogP contribution in [0.5, 0.6) is 0 Å². The molecule has 0 heterocycles. The maximum absolute atomic E-state index is 13.8. The molecule has 0 aliphatic rings. The van der Waals surface area contributed by atoms with Crippen molar-refractivity contribution < 1.29 is 146 Å². The van der Waals surface area contributed by atoms with Crippen LogP contribution in [0.1, 0.15) is 19.3 Å². The molecular weight excluding hydrogens is 878 g/mol. The largest absolute Gasteiger partial charge is 0.465 e. The van der Waals surface area contributed by atoms with Crippen molar-refractivity contribution in [3.8, 4) is 0 Å². The van der Waals surface area contributed by atoms with Gasteiger partial charge in [0.2, 0.25) is 0 Å². The number of ether oxygens (including phenoxy) is 2. The maximum Gasteiger partial charge on any atom is 0.460 e. The van der Waals surface area contributed by atoms with Crippen molar-refractivity contribution in [2.75, 3.05) is 13.2 Å². The first-order chi connectivity index (χ1) is 23.1. The fourth-order valence-electron chi connectivity index (χ4n) is 3.10. The number of hydrogen-bond acceptors (Lipinski definition) is 6. The zero-order valence-electron chi connectivity index (χ0n) is 24.2. The third-order valence-electron chi connectivity index (χ3n) is 6.31. The van der Waals surface area contributed by atoms with Crippen LogP contribution < -0.4 is 0 Å². The SMILES string of the molecule is O=C(CC(C(=O)OCCC(F)(F)C(F)(F)C(F)(F)C(F)(F)C(F)(F)C(F)(F)F)S(=O)(=O)O)OCCC(F)(F)C(F)(F)C(F)(F)C(F)(F)C(F)(F)C(F)(F)F. The number of halogens is 26. The van der Waals surface area contributed by atoms with Gasteiger partial charge in [-0.1, -0.05) is 0 Å². The molecule has 0 radical (unpaired) electrons. The predicted molar refractivity (Wildman–Crippen MR) is 113 cm³/mol. The molecule has 0 spiro atoms. The fraction of sp³-hybridized carbons (Fsp3) is 0.900. The molecule has 0 saturated heterocycles. The minimum atomic E-state index is -8.37. The fourth-order valence-corrected chi connectivity index (χ4v) is 3.76. The van der Waals surface area contributed by atoms with Crippen LogP contribution in [-0.4, -0.2) is 115 Å². The molecule has 322 valence electrons. The van der Waals surface area contributed by atoms with Gasteiger partial charge in [-0.2, -0.15) is 123 Å². The molecule has 0 aliphatic heterocycles. The lowest BCUT2D eigenvalue weighted by molar-refractivity contribution is -0.440. The number of rotatable bonds is 18. The highest BCUT2D eigenvalue weighted by molar-refractivity contribution is 7.87. The highest BCUT2D eigenvalue weighted by Crippen LogP contribution is 2.62. The predicted octanol–water partition coefficient (Wildman–Crippen LogP) is 7.98. The summed E-state index contributed by atoms with van der Waals surface area (Å²) in [5.74, 6) is -84.9. The van der Waals surface area contributed by atoms with Crippen LogP contribution in [0.4, 0.5) is 114 Å². The molecule has 0 rings (SSSR count). The summed E-state index contributed by atoms with van der Waals surface area (Å²) in [5.41, 5.74) is 0. The van der Waals surface area contributed by atoms with Crippen LogP contribution in [0.25, 0.3) is 0 Å². The zero-order chi connectivity index (χ0) is 44.2. The van der Waals surface area contributed by atoms with Crippen LogP contribution in [0.3, 0.4) is 0 Å². The van der Waals surface area contributed by atoms with E-state index in [1.807, 2.05) is 0 Å². The lowest BCUT2D eigenvalue weighted by Gasteiger charge is -2.39. The monoisotopic (exact) mass is 890 g/mol. The Hall–Kier alpha value is -2.97. The molecule has 34 heteroatoms. The van der Waals surface area contributed by atoms with Gasteiger partial charge in [0.1, 0.15) is 0 Å². The molecule has 0 aromatic rings. The molecule has 0 amide bonds. The summed E-state index contributed by atoms with van der Waals surface area (Å²) in [7, 11) is -6.30. The summed E-state index contributed by atoms with van der Waals surface area (Å²) < 4.78 is 379. The Labute approximate surface area is 278 Å². The first kappa shape index (κ1) is 51.0. The average Bonchev–Trinajstić information content (AvgIpc) is 2.92. The molecule has 1 N–H and O–H groups in total. The van der Waals surface area contributed by atoms with E-state index in [0.717, 1.165) is 0 Å². The maximum atomic E-state index is 13.8. The molecule has 0 aromatic carbocycles. The van der Waals surface area contributed by atoms with Crippen LogP contribution in [0, 0.1) is 0 Å². The highest BCUT2D eigenvalue weighted by atomic mass is 32.2. The highest BCUT2D eigenvalue weighted by Gasteiger charge is 2.92. The minimum absolute atomic E-state index is 2.49. The summed E-state index contributed by atoms with van der Waals surface area (Å²) in [6.45, 7) is -5.33. The van der Waals surface area contributed by atoms with E-state index in [9.17, 15) is 132 Å². The molecule has 0 bridgehead atoms. The van der Waals surface area contributed by atoms with Crippen molar-refractivity contribution in [3.63, 3.8) is 0 Å². The van der Waals surface area contributed by atoms with E-state index in [0.29, 0.717) is 0 Å². The van der Waals surface area contributed by atoms with Gasteiger partial charge in [-0.15, -0.1) is 0 Å². The Bertz CT molecular complexity index is 1460. The molecule has 1 atom stereocenters. The third kappa shape index (κ3) is 8.55. The Kier molecular flexibility index (Phi) is 13.7. The third-order valence-corrected chi connectivity index (χ3v) is 7.39. The Morgan fingerprint density at radius 3 is 0.963 bits per heavy atom. The van der Waals surface area contributed by atoms with E-state index < -0.39 is 131 Å². The quantitative estimate of drug-likeness (QED) is 0.0846. The molecule has 54 heavy (non-hydrogen) atoms. The standard InChI is InChI=1S/C20H12F26O7S/c21-9(22,11(25,26)13(29,30)15(33,34)17(37,38)19(41,42)43)1-3-52-7(47)5-6(54(49,50)51)8(48)53-4-2-10(23,24)12(27,28)14(31,32)16(35,36)18(39,40)20(44,45)46/h6H,1-5H2,(H,49,50,51). The molecule has 7 nitrogen and oxygen atoms in total. The van der Waals surface area contributed by atoms with Crippen LogP contribution in [0.2, 0.25) is 0 Å². The second-order valence-electron chi connectivity index (χ2n) is 10.1. The van der Waals surface area contributed by atoms with E-state index in [-0.39, 0.29) is 0 Å². The van der Waals surface area contributed by atoms with Crippen molar-refractivity contribution in [3.05, 3.63) is 0 Å². The van der Waals surface area contributed by atoms with Gasteiger partial charge in [-0.3, -0.25) is 14.1 Å². The first-order valence-corrected chi connectivity index (χ1v) is 13.8. The minimum Gasteiger partial charge on any atom is -0.465 e. The van der Waals surface area contributed by atoms with Crippen molar-refractivity contribution in [2.45, 2.75) is 96.1 Å². The normalized spacial score (nSPS) is 16.3. The molecule has 0 aromatic heterocycles. The molecule has 1 unspecified atom stereocenters. The summed E-state index contributed by atoms with van der Waals surface area (Å²) in [5, 5.41) is -3.73. The molecule has 0 fully saturated rings. The summed E-state index contributed by atoms with van der Waals surface area (Å²) >= 11 is 0. The van der Waals surface area contributed by atoms with Crippen molar-refractivity contribution >= 4 is 22.1 Å². The van der Waals surface area contributed by atoms with Gasteiger partial charge in [0.25, 0.3) is 10.1 Å². The average molecular weight is 890 g/mol. The number of alkyl halides is 26. The second-order valence-corrected chi connectivity index (χ2v) is 11.7. The summed E-state index contributed by atoms with van der Waals surface area (Å²) in [4.78, 5) is 23.4. The van der Waals surface area contributed by atoms with E-state index >= 15 is 0 Å². The van der Waals surface area contributed by atoms with Crippen molar-refractivity contribution in [1.29, 1.82) is 0 Å². The summed E-state index contributed by atoms with van der Waals surface area (Å²) in [6, 6.07) is 0. The lowest BCUT2D eigenvalue weighted by Crippen LogP contribution is -2.70. The van der Waals surface area contributed by atoms with Crippen molar-refractivity contribution in [2.24, 2.45) is 0 Å². The Morgan fingerprint density at radius 2 is 0.704 bits per heavy atom. The smallest absolute Gasteiger partial charge is 0.460 e. The first-order valence-electron chi connectivity index (χ1n) is 12.3. The van der Waals surface area contributed by atoms with Crippen LogP contribution >= 0.6 is 0 Å². The molecule has 0 aliphatic carbocycles. The van der Waals surface area contributed by atoms with Gasteiger partial charge in [0.15, 0.2) is 5.25 Å². The summed E-state index contributed by atoms with van der Waals surface area (Å²) in [6.07, 6.45) is -24.7. The van der Waals surface area contributed by atoms with Gasteiger partial charge in [0.05, 0.1) is 32.5 Å². The molecule has 0 saturated carbocycles. The topological polar surface area (TPSA) is 107 Å². The van der Waals surface area contributed by atoms with Gasteiger partial charge >= 0.3 is 83.5 Å². The van der Waals surface area contributed by atoms with Crippen LogP contribution in [-0.2, 0) is 29.2 Å². The lowest BCUT2D eigenvalue weighted by atomic mass is 9.93. The van der Waals surface area contributed by atoms with Gasteiger partial charge in [-0.25, -0.2) is 0 Å².